The molecule has 0 aliphatic carbocycles. The Balaban J connectivity index is -0.0000000750. The normalized spacial score (nSPS) is 8.12. The molecule has 0 fully saturated rings. The van der Waals surface area contributed by atoms with Crippen LogP contribution < -0.4 is 0 Å². The molecule has 0 aliphatic rings. The Kier molecular flexibility index (Phi) is 17.3. The molecule has 0 aromatic carbocycles. The van der Waals surface area contributed by atoms with Crippen molar-refractivity contribution in [3.05, 3.63) is 0 Å². The molecule has 5 nitrogen and oxygen atoms in total. The van der Waals surface area contributed by atoms with Crippen LogP contribution in [-0.4, -0.2) is 14.7 Å². The zero-order valence-electron chi connectivity index (χ0n) is 3.41. The van der Waals surface area contributed by atoms with Crippen molar-refractivity contribution in [2.24, 2.45) is 0 Å². The van der Waals surface area contributed by atoms with Crippen molar-refractivity contribution in [2.75, 3.05) is 0 Å². The number of hydrogen-bond acceptors (Lipinski definition) is 2. The molecular weight excluding hydrogens is 310 g/mol. The van der Waals surface area contributed by atoms with Gasteiger partial charge in [-0.15, -0.1) is 0 Å². The zero-order valence-corrected chi connectivity index (χ0v) is 8.24. The second kappa shape index (κ2) is 8.53. The molecule has 0 bridgehead atoms. The fourth-order valence-electron chi connectivity index (χ4n) is 0. The van der Waals surface area contributed by atoms with E-state index in [2.05, 4.69) is 0 Å². The minimum Gasteiger partial charge on any atom is 0 e. The summed E-state index contributed by atoms with van der Waals surface area (Å²) in [6.07, 6.45) is 0. The average molecular weight is 313 g/mol. The predicted molar refractivity (Wildman–Crippen MR) is 14.9 cm³/mol. The summed E-state index contributed by atoms with van der Waals surface area (Å²) in [6.45, 7) is 0. The van der Waals surface area contributed by atoms with Gasteiger partial charge in [-0.05, 0) is 0 Å². The van der Waals surface area contributed by atoms with E-state index in [1.54, 1.807) is 21.0 Å². The molecule has 0 unspecified atom stereocenters. The van der Waals surface area contributed by atoms with Crippen LogP contribution in [0.15, 0.2) is 0 Å². The van der Waals surface area contributed by atoms with Gasteiger partial charge >= 0.3 is 32.1 Å². The molecule has 0 atom stereocenters. The first-order valence-electron chi connectivity index (χ1n) is 0.906. The van der Waals surface area contributed by atoms with Crippen molar-refractivity contribution in [3.8, 4) is 0 Å². The van der Waals surface area contributed by atoms with Crippen LogP contribution in [0.5, 0.6) is 0 Å². The van der Waals surface area contributed by atoms with Crippen LogP contribution in [0.3, 0.4) is 0 Å². The standard InChI is InChI=1S/Ag.H3O4P.O.Zr/c;1-5(2,3)4;;/h;(H3,1,2,3,4);;. The summed E-state index contributed by atoms with van der Waals surface area (Å²) >= 11 is 1.70. The van der Waals surface area contributed by atoms with E-state index in [0.717, 1.165) is 0 Å². The molecule has 0 aromatic rings. The molecule has 0 aliphatic heterocycles. The summed E-state index contributed by atoms with van der Waals surface area (Å²) in [7, 11) is -4.64. The predicted octanol–water partition coefficient (Wildman–Crippen LogP) is -1.05. The van der Waals surface area contributed by atoms with Crippen LogP contribution in [0.25, 0.3) is 0 Å². The fraction of sp³-hybridized carbons (Fsp3) is 0. The summed E-state index contributed by atoms with van der Waals surface area (Å²) < 4.78 is 16.9. The topological polar surface area (TPSA) is 94.8 Å². The van der Waals surface area contributed by atoms with Gasteiger partial charge in [0.15, 0.2) is 0 Å². The van der Waals surface area contributed by atoms with Crippen molar-refractivity contribution in [1.82, 2.24) is 0 Å². The van der Waals surface area contributed by atoms with Crippen LogP contribution in [0.1, 0.15) is 0 Å². The van der Waals surface area contributed by atoms with Crippen molar-refractivity contribution >= 4 is 7.82 Å². The van der Waals surface area contributed by atoms with Crippen LogP contribution in [0.2, 0.25) is 0 Å². The van der Waals surface area contributed by atoms with E-state index < -0.39 is 7.82 Å². The van der Waals surface area contributed by atoms with E-state index in [1.807, 2.05) is 0 Å². The molecule has 0 rings (SSSR count). The summed E-state index contributed by atoms with van der Waals surface area (Å²) in [6, 6.07) is 0. The maximum Gasteiger partial charge on any atom is 0 e. The third-order valence-corrected chi connectivity index (χ3v) is 0. The van der Waals surface area contributed by atoms with Gasteiger partial charge in [-0.2, -0.15) is 0 Å². The van der Waals surface area contributed by atoms with Crippen LogP contribution in [0.4, 0.5) is 0 Å². The van der Waals surface area contributed by atoms with Gasteiger partial charge in [-0.25, -0.2) is 4.57 Å². The van der Waals surface area contributed by atoms with E-state index in [1.165, 1.54) is 0 Å². The molecule has 8 heteroatoms. The van der Waals surface area contributed by atoms with Crippen molar-refractivity contribution < 1.29 is 69.7 Å². The Morgan fingerprint density at radius 1 is 1.12 bits per heavy atom. The van der Waals surface area contributed by atoms with Gasteiger partial charge < -0.3 is 14.7 Å². The first-order valence-corrected chi connectivity index (χ1v) is 3.08. The summed E-state index contributed by atoms with van der Waals surface area (Å²) in [5.74, 6) is 0. The van der Waals surface area contributed by atoms with Gasteiger partial charge in [-0.3, -0.25) is 0 Å². The Labute approximate surface area is 77.1 Å². The van der Waals surface area contributed by atoms with Crippen molar-refractivity contribution in [2.45, 2.75) is 0 Å². The molecule has 0 heterocycles. The molecule has 0 saturated heterocycles. The molecule has 8 heavy (non-hydrogen) atoms. The molecule has 0 radical (unpaired) electrons. The van der Waals surface area contributed by atoms with Gasteiger partial charge in [0.25, 0.3) is 0 Å². The van der Waals surface area contributed by atoms with Gasteiger partial charge in [0, 0.05) is 26.2 Å². The Hall–Kier alpha value is 1.53. The number of rotatable bonds is 0. The summed E-state index contributed by atoms with van der Waals surface area (Å²) in [5, 5.41) is 0. The van der Waals surface area contributed by atoms with Crippen molar-refractivity contribution in [1.29, 1.82) is 0 Å². The van der Waals surface area contributed by atoms with E-state index in [9.17, 15) is 0 Å². The quantitative estimate of drug-likeness (QED) is 0.392. The molecule has 0 aromatic heterocycles. The average Bonchev–Trinajstić information content (AvgIpc) is 1.36. The van der Waals surface area contributed by atoms with Gasteiger partial charge in [0.2, 0.25) is 0 Å². The van der Waals surface area contributed by atoms with Crippen molar-refractivity contribution in [3.63, 3.8) is 0 Å². The maximum absolute atomic E-state index is 8.88. The smallest absolute Gasteiger partial charge is 0 e. The summed E-state index contributed by atoms with van der Waals surface area (Å²) in [4.78, 5) is 21.6. The first-order chi connectivity index (χ1) is 3.00. The Morgan fingerprint density at radius 2 is 1.12 bits per heavy atom. The zero-order chi connectivity index (χ0) is 6.50. The van der Waals surface area contributed by atoms with Crippen LogP contribution in [-0.2, 0) is 55.1 Å². The van der Waals surface area contributed by atoms with E-state index >= 15 is 0 Å². The van der Waals surface area contributed by atoms with Crippen LogP contribution in [0, 0.1) is 0 Å². The minimum absolute atomic E-state index is 0. The minimum atomic E-state index is -4.64. The molecule has 0 spiro atoms. The number of phosphoric acid groups is 1. The molecule has 0 amide bonds. The van der Waals surface area contributed by atoms with Gasteiger partial charge in [-0.1, -0.05) is 0 Å². The largest absolute Gasteiger partial charge is 0 e. The Morgan fingerprint density at radius 3 is 1.12 bits per heavy atom. The molecule has 3 N–H and O–H groups in total. The summed E-state index contributed by atoms with van der Waals surface area (Å²) in [5.41, 5.74) is 0. The van der Waals surface area contributed by atoms with E-state index in [0.29, 0.717) is 0 Å². The third kappa shape index (κ3) is 137. The SMILES string of the molecule is O=P(O)(O)O.[O]=[Ag].[Zr]. The molecular formula is H3AgO5PZr. The van der Waals surface area contributed by atoms with Crippen LogP contribution >= 0.6 is 7.82 Å². The maximum atomic E-state index is 8.88. The molecule has 0 saturated carbocycles. The Bertz CT molecular complexity index is 68.2. The second-order valence-electron chi connectivity index (χ2n) is 0.513. The molecule has 53 valence electrons. The second-order valence-corrected chi connectivity index (χ2v) is 1.54. The fourth-order valence-corrected chi connectivity index (χ4v) is 0. The third-order valence-electron chi connectivity index (χ3n) is 0. The van der Waals surface area contributed by atoms with E-state index in [4.69, 9.17) is 22.5 Å². The monoisotopic (exact) mass is 311 g/mol. The van der Waals surface area contributed by atoms with Gasteiger partial charge in [0.1, 0.15) is 0 Å². The number of hydrogen-bond donors (Lipinski definition) is 3. The first kappa shape index (κ1) is 16.3. The van der Waals surface area contributed by atoms with Gasteiger partial charge in [0.05, 0.1) is 0 Å². The van der Waals surface area contributed by atoms with E-state index in [-0.39, 0.29) is 26.2 Å².